The number of aromatic nitrogens is 1. The number of carbonyl (C=O) groups is 9. The minimum Gasteiger partial charge on any atom is -0.508 e. The standard InChI is InChI=1S/C11H12N2O2.C9H11NO3.C6H14N4O2.2C5H9NO2.C4H8N2O3.C4H9NO3.C3H7NO2/c12-9(11(14)15)5-7-6-13-10-4-2-1-3-8(7)10;10-8(9(12)13)5-6-1-3-7(11)4-2-6;7-4(5(11)12)2-1-3-10-6(8)9;2*7-5(8)4-2-1-3-6-4;5-2(4(8)9)1-3(6)7;1-2(6)3(5)4(7)8;1-2(4)3(5)6/h1-4,6,9,13H,5,12H2,(H,14,15);1-4,8,11H,5,10H2,(H,12,13);4H,1-3,7H2,(H,11,12)(H4,8,9,10);2*4,6H,1-3H2,(H,7,8);2H,1,5H2,(H2,6,7)(H,8,9);2-3,6H,5H2,1H3,(H,7,8);2H,4H2,1H3,(H,5,6)/t;;;2*4-;;;/m...00.../s1. The number of aliphatic hydroxyl groups excluding tert-OH is 1. The van der Waals surface area contributed by atoms with Crippen molar-refractivity contribution in [3.8, 4) is 5.75 Å². The number of guanidine groups is 1. The molecule has 0 radical (unpaired) electrons. The highest BCUT2D eigenvalue weighted by atomic mass is 16.4. The van der Waals surface area contributed by atoms with Gasteiger partial charge in [0.1, 0.15) is 54.1 Å². The van der Waals surface area contributed by atoms with Gasteiger partial charge in [-0.3, -0.25) is 48.6 Å². The number of aliphatic carboxylic acids is 8. The number of hydrogen-bond acceptors (Lipinski definition) is 20. The average molecular weight is 1130 g/mol. The van der Waals surface area contributed by atoms with Crippen molar-refractivity contribution in [3.63, 3.8) is 0 Å². The van der Waals surface area contributed by atoms with E-state index in [4.69, 9.17) is 96.6 Å². The highest BCUT2D eigenvalue weighted by molar-refractivity contribution is 5.85. The molecular formula is C47H79N13O19. The van der Waals surface area contributed by atoms with E-state index < -0.39 is 96.0 Å². The van der Waals surface area contributed by atoms with E-state index in [9.17, 15) is 43.2 Å². The number of hydrogen-bond donors (Lipinski definition) is 23. The molecule has 2 aliphatic rings. The van der Waals surface area contributed by atoms with E-state index in [1.807, 2.05) is 30.5 Å². The van der Waals surface area contributed by atoms with Crippen LogP contribution < -0.4 is 61.8 Å². The molecule has 2 aromatic carbocycles. The molecule has 1 aromatic heterocycles. The average Bonchev–Trinajstić information content (AvgIpc) is 4.19. The molecule has 3 heterocycles. The Morgan fingerprint density at radius 3 is 1.39 bits per heavy atom. The Hall–Kier alpha value is -8.08. The summed E-state index contributed by atoms with van der Waals surface area (Å²) in [6.45, 7) is 4.95. The summed E-state index contributed by atoms with van der Waals surface area (Å²) in [5.41, 5.74) is 43.1. The van der Waals surface area contributed by atoms with Gasteiger partial charge in [-0.2, -0.15) is 0 Å². The molecule has 0 spiro atoms. The number of phenolic OH excluding ortho intramolecular Hbond substituents is 1. The first-order valence-electron chi connectivity index (χ1n) is 23.9. The number of amides is 1. The normalized spacial score (nSPS) is 16.3. The van der Waals surface area contributed by atoms with Gasteiger partial charge in [-0.25, -0.2) is 0 Å². The molecule has 32 heteroatoms. The number of para-hydroxylation sites is 1. The van der Waals surface area contributed by atoms with Crippen LogP contribution in [0.25, 0.3) is 10.9 Å². The Labute approximate surface area is 453 Å². The number of nitrogens with one attached hydrogen (secondary N) is 5. The molecule has 79 heavy (non-hydrogen) atoms. The first-order valence-corrected chi connectivity index (χ1v) is 23.9. The number of phenols is 1. The van der Waals surface area contributed by atoms with Crippen LogP contribution in [0.3, 0.4) is 0 Å². The van der Waals surface area contributed by atoms with Gasteiger partial charge in [0, 0.05) is 30.1 Å². The number of benzene rings is 2. The molecule has 2 fully saturated rings. The molecule has 0 saturated carbocycles. The second-order valence-corrected chi connectivity index (χ2v) is 17.1. The number of carboxylic acids is 8. The SMILES string of the molecule is CC(N)C(=O)O.CC(O)C(N)C(=O)O.N=C(N)NCCCC(N)C(=O)O.NC(=O)CC(N)C(=O)O.NC(Cc1c[nH]c2ccccc12)C(=O)O.NC(Cc1ccc(O)cc1)C(=O)O.O=C(O)[C@@H]1CCCN1.O=C(O)[C@@H]1CCCN1. The summed E-state index contributed by atoms with van der Waals surface area (Å²) in [5.74, 6) is -8.45. The lowest BCUT2D eigenvalue weighted by molar-refractivity contribution is -0.141. The number of carbonyl (C=O) groups excluding carboxylic acids is 1. The molecule has 3 aromatic rings. The maximum atomic E-state index is 10.6. The quantitative estimate of drug-likeness (QED) is 0.0311. The first kappa shape index (κ1) is 75.2. The third-order valence-electron chi connectivity index (χ3n) is 10.1. The minimum absolute atomic E-state index is 0.112. The summed E-state index contributed by atoms with van der Waals surface area (Å²) in [6, 6.07) is 7.93. The Balaban J connectivity index is -0.000000850. The van der Waals surface area contributed by atoms with Crippen LogP contribution in [0, 0.1) is 5.41 Å². The fraction of sp³-hybridized carbons (Fsp3) is 0.489. The molecule has 0 aliphatic carbocycles. The van der Waals surface area contributed by atoms with E-state index in [1.54, 1.807) is 12.1 Å². The Kier molecular flexibility index (Phi) is 40.0. The molecule has 446 valence electrons. The van der Waals surface area contributed by atoms with Crippen molar-refractivity contribution >= 4 is 70.5 Å². The number of aliphatic hydroxyl groups is 1. The molecule has 0 bridgehead atoms. The maximum absolute atomic E-state index is 10.6. The van der Waals surface area contributed by atoms with Crippen LogP contribution in [0.5, 0.6) is 5.75 Å². The van der Waals surface area contributed by atoms with Crippen molar-refractivity contribution < 1.29 is 94.2 Å². The minimum atomic E-state index is -1.21. The summed E-state index contributed by atoms with van der Waals surface area (Å²) in [7, 11) is 0. The first-order chi connectivity index (χ1) is 36.7. The zero-order valence-corrected chi connectivity index (χ0v) is 43.6. The Bertz CT molecular complexity index is 2280. The molecule has 2 saturated heterocycles. The van der Waals surface area contributed by atoms with Crippen molar-refractivity contribution in [2.75, 3.05) is 19.6 Å². The zero-order valence-electron chi connectivity index (χ0n) is 43.6. The lowest BCUT2D eigenvalue weighted by Crippen LogP contribution is -2.39. The van der Waals surface area contributed by atoms with E-state index in [1.165, 1.54) is 26.0 Å². The number of nitrogens with two attached hydrogens (primary N) is 8. The van der Waals surface area contributed by atoms with Gasteiger partial charge in [0.05, 0.1) is 12.5 Å². The predicted octanol–water partition coefficient (Wildman–Crippen LogP) is -3.75. The smallest absolute Gasteiger partial charge is 0.323 e. The van der Waals surface area contributed by atoms with Gasteiger partial charge in [0.25, 0.3) is 0 Å². The van der Waals surface area contributed by atoms with Crippen LogP contribution in [0.2, 0.25) is 0 Å². The lowest BCUT2D eigenvalue weighted by atomic mass is 10.1. The third-order valence-corrected chi connectivity index (χ3v) is 10.1. The van der Waals surface area contributed by atoms with E-state index in [0.29, 0.717) is 25.8 Å². The molecule has 32 nitrogen and oxygen atoms in total. The van der Waals surface area contributed by atoms with Crippen LogP contribution in [0.15, 0.2) is 54.7 Å². The van der Waals surface area contributed by atoms with E-state index in [-0.39, 0.29) is 36.6 Å². The largest absolute Gasteiger partial charge is 0.508 e. The van der Waals surface area contributed by atoms with Gasteiger partial charge in [-0.05, 0) is 101 Å². The number of fused-ring (bicyclic) bond motifs is 1. The Morgan fingerprint density at radius 1 is 0.633 bits per heavy atom. The topological polar surface area (TPSA) is 640 Å². The molecule has 9 atom stereocenters. The monoisotopic (exact) mass is 1130 g/mol. The fourth-order valence-corrected chi connectivity index (χ4v) is 5.57. The van der Waals surface area contributed by atoms with Gasteiger partial charge in [-0.15, -0.1) is 0 Å². The maximum Gasteiger partial charge on any atom is 0.323 e. The molecule has 7 unspecified atom stereocenters. The number of aromatic hydroxyl groups is 1. The van der Waals surface area contributed by atoms with Crippen molar-refractivity contribution in [1.82, 2.24) is 20.9 Å². The number of carboxylic acid groups (broad SMARTS) is 8. The van der Waals surface area contributed by atoms with Gasteiger partial charge in [0.2, 0.25) is 5.91 Å². The second kappa shape index (κ2) is 42.0. The number of H-pyrrole nitrogens is 1. The lowest BCUT2D eigenvalue weighted by Gasteiger charge is -2.06. The molecular weight excluding hydrogens is 1050 g/mol. The van der Waals surface area contributed by atoms with Crippen LogP contribution in [0.1, 0.15) is 69.9 Å². The van der Waals surface area contributed by atoms with Crippen molar-refractivity contribution in [3.05, 3.63) is 65.9 Å². The van der Waals surface area contributed by atoms with Crippen molar-refractivity contribution in [1.29, 1.82) is 5.41 Å². The summed E-state index contributed by atoms with van der Waals surface area (Å²) in [4.78, 5) is 93.9. The summed E-state index contributed by atoms with van der Waals surface area (Å²) in [5, 5.41) is 99.9. The highest BCUT2D eigenvalue weighted by Crippen LogP contribution is 2.18. The van der Waals surface area contributed by atoms with Crippen molar-refractivity contribution in [2.45, 2.75) is 126 Å². The van der Waals surface area contributed by atoms with E-state index >= 15 is 0 Å². The molecule has 1 amide bonds. The number of aromatic amines is 1. The van der Waals surface area contributed by atoms with Crippen LogP contribution in [-0.4, -0.2) is 190 Å². The number of rotatable bonds is 19. The Morgan fingerprint density at radius 2 is 1.08 bits per heavy atom. The van der Waals surface area contributed by atoms with Gasteiger partial charge >= 0.3 is 47.8 Å². The number of primary amides is 1. The van der Waals surface area contributed by atoms with Crippen LogP contribution in [-0.2, 0) is 56.0 Å². The van der Waals surface area contributed by atoms with E-state index in [0.717, 1.165) is 60.8 Å². The molecule has 2 aliphatic heterocycles. The van der Waals surface area contributed by atoms with Gasteiger partial charge in [0.15, 0.2) is 5.96 Å². The third kappa shape index (κ3) is 39.0. The van der Waals surface area contributed by atoms with Gasteiger partial charge in [-0.1, -0.05) is 30.3 Å². The van der Waals surface area contributed by atoms with Gasteiger partial charge < -0.3 is 118 Å². The summed E-state index contributed by atoms with van der Waals surface area (Å²) < 4.78 is 0. The van der Waals surface area contributed by atoms with Crippen LogP contribution in [0.4, 0.5) is 0 Å². The second-order valence-electron chi connectivity index (χ2n) is 17.1. The summed E-state index contributed by atoms with van der Waals surface area (Å²) >= 11 is 0. The highest BCUT2D eigenvalue weighted by Gasteiger charge is 2.21. The predicted molar refractivity (Wildman–Crippen MR) is 285 cm³/mol. The summed E-state index contributed by atoms with van der Waals surface area (Å²) in [6.07, 6.45) is 5.69. The van der Waals surface area contributed by atoms with Crippen LogP contribution >= 0.6 is 0 Å². The van der Waals surface area contributed by atoms with E-state index in [2.05, 4.69) is 26.7 Å². The fourth-order valence-electron chi connectivity index (χ4n) is 5.57. The zero-order chi connectivity index (χ0) is 61.5. The van der Waals surface area contributed by atoms with Crippen molar-refractivity contribution in [2.24, 2.45) is 45.9 Å². The molecule has 5 rings (SSSR count). The molecule has 31 N–H and O–H groups in total.